The van der Waals surface area contributed by atoms with Gasteiger partial charge in [-0.3, -0.25) is 10.2 Å². The minimum absolute atomic E-state index is 0.231. The fourth-order valence-corrected chi connectivity index (χ4v) is 1.76. The molecule has 0 spiro atoms. The van der Waals surface area contributed by atoms with Crippen molar-refractivity contribution in [2.45, 2.75) is 0 Å². The van der Waals surface area contributed by atoms with E-state index in [9.17, 15) is 0 Å². The van der Waals surface area contributed by atoms with Crippen LogP contribution in [-0.4, -0.2) is 10.2 Å². The average molecular weight is 343 g/mol. The van der Waals surface area contributed by atoms with Crippen LogP contribution in [0.3, 0.4) is 0 Å². The SMILES string of the molecule is Nc1c(Cl)c[n+](O)cc1Cl.Nc1c(Cl)cncc1Cl. The lowest BCUT2D eigenvalue weighted by molar-refractivity contribution is -0.904. The number of aromatic nitrogens is 2. The first-order valence-electron chi connectivity index (χ1n) is 4.72. The molecule has 2 aromatic heterocycles. The molecule has 2 aromatic rings. The zero-order valence-electron chi connectivity index (χ0n) is 9.32. The fourth-order valence-electron chi connectivity index (χ4n) is 0.944. The largest absolute Gasteiger partial charge is 0.396 e. The van der Waals surface area contributed by atoms with E-state index < -0.39 is 0 Å². The molecule has 2 heterocycles. The maximum atomic E-state index is 8.81. The highest BCUT2D eigenvalue weighted by Crippen LogP contribution is 2.24. The van der Waals surface area contributed by atoms with Gasteiger partial charge >= 0.3 is 0 Å². The van der Waals surface area contributed by atoms with E-state index in [1.165, 1.54) is 24.8 Å². The number of hydrogen-bond donors (Lipinski definition) is 3. The molecule has 5 nitrogen and oxygen atoms in total. The van der Waals surface area contributed by atoms with Gasteiger partial charge in [0.25, 0.3) is 0 Å². The van der Waals surface area contributed by atoms with Gasteiger partial charge < -0.3 is 11.5 Å². The number of anilines is 2. The Morgan fingerprint density at radius 2 is 1.21 bits per heavy atom. The van der Waals surface area contributed by atoms with E-state index in [1.807, 2.05) is 0 Å². The molecular weight excluding hydrogens is 334 g/mol. The molecule has 0 aliphatic heterocycles. The molecule has 0 bridgehead atoms. The van der Waals surface area contributed by atoms with Crippen LogP contribution in [0.1, 0.15) is 0 Å². The van der Waals surface area contributed by atoms with Crippen LogP contribution >= 0.6 is 46.4 Å². The molecule has 102 valence electrons. The number of nitrogens with zero attached hydrogens (tertiary/aromatic N) is 2. The van der Waals surface area contributed by atoms with Crippen molar-refractivity contribution in [3.8, 4) is 0 Å². The number of nitrogen functional groups attached to an aromatic ring is 2. The lowest BCUT2D eigenvalue weighted by atomic mass is 10.4. The summed E-state index contributed by atoms with van der Waals surface area (Å²) in [7, 11) is 0. The van der Waals surface area contributed by atoms with Gasteiger partial charge in [-0.2, -0.15) is 0 Å². The maximum Gasteiger partial charge on any atom is 0.243 e. The van der Waals surface area contributed by atoms with Crippen LogP contribution in [0.25, 0.3) is 0 Å². The van der Waals surface area contributed by atoms with E-state index >= 15 is 0 Å². The highest BCUT2D eigenvalue weighted by molar-refractivity contribution is 6.38. The lowest BCUT2D eigenvalue weighted by Crippen LogP contribution is -2.28. The zero-order chi connectivity index (χ0) is 14.6. The number of nitrogens with two attached hydrogens (primary N) is 2. The van der Waals surface area contributed by atoms with E-state index in [0.29, 0.717) is 15.7 Å². The molecule has 5 N–H and O–H groups in total. The summed E-state index contributed by atoms with van der Waals surface area (Å²) < 4.78 is 0.751. The Labute approximate surface area is 129 Å². The van der Waals surface area contributed by atoms with Crippen molar-refractivity contribution < 1.29 is 9.94 Å². The van der Waals surface area contributed by atoms with Crippen molar-refractivity contribution in [1.82, 2.24) is 4.98 Å². The highest BCUT2D eigenvalue weighted by Gasteiger charge is 2.09. The van der Waals surface area contributed by atoms with Crippen molar-refractivity contribution in [1.29, 1.82) is 0 Å². The molecule has 0 aromatic carbocycles. The summed E-state index contributed by atoms with van der Waals surface area (Å²) in [5.41, 5.74) is 11.4. The van der Waals surface area contributed by atoms with Crippen LogP contribution in [0.15, 0.2) is 24.8 Å². The van der Waals surface area contributed by atoms with Gasteiger partial charge in [0.2, 0.25) is 12.4 Å². The minimum atomic E-state index is 0.231. The van der Waals surface area contributed by atoms with Crippen LogP contribution in [0.5, 0.6) is 0 Å². The number of rotatable bonds is 0. The van der Waals surface area contributed by atoms with E-state index in [2.05, 4.69) is 4.98 Å². The first-order valence-corrected chi connectivity index (χ1v) is 6.23. The summed E-state index contributed by atoms with van der Waals surface area (Å²) >= 11 is 22.1. The Balaban J connectivity index is 0.000000191. The van der Waals surface area contributed by atoms with Gasteiger partial charge in [0.15, 0.2) is 0 Å². The van der Waals surface area contributed by atoms with Crippen LogP contribution in [0, 0.1) is 0 Å². The first-order chi connectivity index (χ1) is 8.82. The van der Waals surface area contributed by atoms with Crippen LogP contribution in [-0.2, 0) is 0 Å². The quantitative estimate of drug-likeness (QED) is 0.507. The van der Waals surface area contributed by atoms with E-state index in [0.717, 1.165) is 4.73 Å². The summed E-state index contributed by atoms with van der Waals surface area (Å²) in [6, 6.07) is 0. The molecular formula is C10H9Cl4N4O+. The molecule has 0 fully saturated rings. The molecule has 0 radical (unpaired) electrons. The van der Waals surface area contributed by atoms with Crippen LogP contribution in [0.2, 0.25) is 20.1 Å². The third kappa shape index (κ3) is 4.47. The highest BCUT2D eigenvalue weighted by atomic mass is 35.5. The third-order valence-corrected chi connectivity index (χ3v) is 3.10. The van der Waals surface area contributed by atoms with E-state index in [-0.39, 0.29) is 15.7 Å². The Morgan fingerprint density at radius 3 is 1.58 bits per heavy atom. The normalized spacial score (nSPS) is 9.68. The Bertz CT molecular complexity index is 550. The second-order valence-electron chi connectivity index (χ2n) is 3.26. The van der Waals surface area contributed by atoms with E-state index in [4.69, 9.17) is 63.1 Å². The summed E-state index contributed by atoms with van der Waals surface area (Å²) in [4.78, 5) is 3.70. The summed E-state index contributed by atoms with van der Waals surface area (Å²) in [6.07, 6.45) is 5.40. The lowest BCUT2D eigenvalue weighted by Gasteiger charge is -1.96. The fraction of sp³-hybridized carbons (Fsp3) is 0. The molecule has 0 saturated carbocycles. The monoisotopic (exact) mass is 341 g/mol. The summed E-state index contributed by atoms with van der Waals surface area (Å²) in [5.74, 6) is 0. The second kappa shape index (κ2) is 6.86. The van der Waals surface area contributed by atoms with Gasteiger partial charge in [0, 0.05) is 17.1 Å². The number of hydrogen-bond acceptors (Lipinski definition) is 4. The predicted molar refractivity (Wildman–Crippen MR) is 76.9 cm³/mol. The molecule has 0 saturated heterocycles. The number of pyridine rings is 2. The molecule has 0 unspecified atom stereocenters. The standard InChI is InChI=1S/C5H4Cl2N2O.C5H4Cl2N2/c6-3-1-9(10)2-4(7)5(3)8;6-3-1-9-2-4(7)5(3)8/h1-2,8,10H;1-2H,(H2,8,9)/p+1. The van der Waals surface area contributed by atoms with Crippen molar-refractivity contribution in [3.63, 3.8) is 0 Å². The molecule has 0 aliphatic rings. The van der Waals surface area contributed by atoms with Gasteiger partial charge in [0.1, 0.15) is 10.0 Å². The van der Waals surface area contributed by atoms with Gasteiger partial charge in [-0.05, 0) is 0 Å². The topological polar surface area (TPSA) is 89.0 Å². The Kier molecular flexibility index (Phi) is 5.75. The summed E-state index contributed by atoms with van der Waals surface area (Å²) in [6.45, 7) is 0. The van der Waals surface area contributed by atoms with Crippen molar-refractivity contribution in [2.75, 3.05) is 11.5 Å². The van der Waals surface area contributed by atoms with E-state index in [1.54, 1.807) is 0 Å². The van der Waals surface area contributed by atoms with Gasteiger partial charge in [0.05, 0.1) is 21.4 Å². The molecule has 0 atom stereocenters. The molecule has 19 heavy (non-hydrogen) atoms. The maximum absolute atomic E-state index is 8.81. The second-order valence-corrected chi connectivity index (χ2v) is 4.89. The molecule has 0 amide bonds. The molecule has 2 rings (SSSR count). The average Bonchev–Trinajstić information content (AvgIpc) is 2.33. The van der Waals surface area contributed by atoms with Gasteiger partial charge in [-0.25, -0.2) is 0 Å². The molecule has 0 aliphatic carbocycles. The Hall–Kier alpha value is -1.14. The smallest absolute Gasteiger partial charge is 0.243 e. The number of halogens is 4. The van der Waals surface area contributed by atoms with Crippen LogP contribution in [0.4, 0.5) is 11.4 Å². The summed E-state index contributed by atoms with van der Waals surface area (Å²) in [5, 5.41) is 10.1. The zero-order valence-corrected chi connectivity index (χ0v) is 12.3. The first kappa shape index (κ1) is 15.9. The Morgan fingerprint density at radius 1 is 0.842 bits per heavy atom. The predicted octanol–water partition coefficient (Wildman–Crippen LogP) is 3.07. The third-order valence-electron chi connectivity index (χ3n) is 1.90. The van der Waals surface area contributed by atoms with Crippen LogP contribution < -0.4 is 16.2 Å². The van der Waals surface area contributed by atoms with Crippen molar-refractivity contribution in [3.05, 3.63) is 44.9 Å². The van der Waals surface area contributed by atoms with Gasteiger partial charge in [-0.1, -0.05) is 46.4 Å². The van der Waals surface area contributed by atoms with Crippen molar-refractivity contribution >= 4 is 57.8 Å². The van der Waals surface area contributed by atoms with Crippen molar-refractivity contribution in [2.24, 2.45) is 0 Å². The molecule has 9 heteroatoms. The minimum Gasteiger partial charge on any atom is -0.396 e. The van der Waals surface area contributed by atoms with Gasteiger partial charge in [-0.15, -0.1) is 0 Å².